The largest absolute Gasteiger partial charge is 0.416 e. The lowest BCUT2D eigenvalue weighted by Crippen LogP contribution is -3.13. The molecule has 3 aromatic rings. The first-order chi connectivity index (χ1) is 13.0. The number of rotatable bonds is 3. The number of fused-ring (bicyclic) bond motifs is 1. The minimum Gasteiger partial charge on any atom is -0.360 e. The molecule has 4 rings (SSSR count). The summed E-state index contributed by atoms with van der Waals surface area (Å²) in [6, 6.07) is 15.8. The molecule has 2 heterocycles. The van der Waals surface area contributed by atoms with Crippen LogP contribution in [0.25, 0.3) is 10.9 Å². The highest BCUT2D eigenvalue weighted by molar-refractivity contribution is 5.81. The van der Waals surface area contributed by atoms with Gasteiger partial charge in [-0.2, -0.15) is 13.2 Å². The molecule has 1 aliphatic rings. The van der Waals surface area contributed by atoms with Crippen molar-refractivity contribution in [2.24, 2.45) is 0 Å². The standard InChI is InChI=1S/C21H20F3N3/c22-21(23,24)17-4-3-5-18(14-17)27-12-10-26(11-13-27)15-16-8-9-25-20-7-2-1-6-19(16)20/h1-9,14H,10-13,15H2/p+1. The highest BCUT2D eigenvalue weighted by Crippen LogP contribution is 2.31. The normalized spacial score (nSPS) is 16.0. The molecule has 2 aromatic carbocycles. The molecular weight excluding hydrogens is 351 g/mol. The maximum absolute atomic E-state index is 12.9. The Morgan fingerprint density at radius 2 is 1.74 bits per heavy atom. The van der Waals surface area contributed by atoms with E-state index < -0.39 is 11.7 Å². The molecular formula is C21H21F3N3+. The van der Waals surface area contributed by atoms with Crippen molar-refractivity contribution < 1.29 is 18.1 Å². The minimum atomic E-state index is -4.30. The van der Waals surface area contributed by atoms with Gasteiger partial charge >= 0.3 is 6.18 Å². The third kappa shape index (κ3) is 3.90. The lowest BCUT2D eigenvalue weighted by Gasteiger charge is -2.34. The van der Waals surface area contributed by atoms with Gasteiger partial charge in [0.05, 0.1) is 37.3 Å². The summed E-state index contributed by atoms with van der Waals surface area (Å²) in [6.45, 7) is 4.19. The highest BCUT2D eigenvalue weighted by Gasteiger charge is 2.31. The van der Waals surface area contributed by atoms with E-state index in [2.05, 4.69) is 17.1 Å². The zero-order valence-electron chi connectivity index (χ0n) is 14.8. The van der Waals surface area contributed by atoms with Crippen LogP contribution in [0.4, 0.5) is 18.9 Å². The Hall–Kier alpha value is -2.60. The number of nitrogens with zero attached hydrogens (tertiary/aromatic N) is 2. The van der Waals surface area contributed by atoms with Crippen molar-refractivity contribution in [2.45, 2.75) is 12.7 Å². The van der Waals surface area contributed by atoms with Crippen LogP contribution >= 0.6 is 0 Å². The first kappa shape index (κ1) is 17.8. The maximum atomic E-state index is 12.9. The third-order valence-electron chi connectivity index (χ3n) is 5.19. The lowest BCUT2D eigenvalue weighted by atomic mass is 10.1. The number of piperazine rings is 1. The van der Waals surface area contributed by atoms with Crippen LogP contribution in [0.5, 0.6) is 0 Å². The Bertz CT molecular complexity index is 926. The zero-order valence-corrected chi connectivity index (χ0v) is 14.8. The molecule has 1 saturated heterocycles. The number of hydrogen-bond donors (Lipinski definition) is 1. The second-order valence-electron chi connectivity index (χ2n) is 6.95. The van der Waals surface area contributed by atoms with Crippen molar-refractivity contribution in [1.82, 2.24) is 4.98 Å². The fourth-order valence-corrected chi connectivity index (χ4v) is 3.72. The van der Waals surface area contributed by atoms with Gasteiger partial charge in [-0.25, -0.2) is 0 Å². The summed E-state index contributed by atoms with van der Waals surface area (Å²) in [5, 5.41) is 1.17. The molecule has 1 aromatic heterocycles. The fourth-order valence-electron chi connectivity index (χ4n) is 3.72. The van der Waals surface area contributed by atoms with Crippen molar-refractivity contribution in [3.8, 4) is 0 Å². The van der Waals surface area contributed by atoms with Gasteiger partial charge in [-0.3, -0.25) is 4.98 Å². The number of halogens is 3. The van der Waals surface area contributed by atoms with E-state index in [1.807, 2.05) is 29.3 Å². The van der Waals surface area contributed by atoms with Gasteiger partial charge in [0.25, 0.3) is 0 Å². The molecule has 0 saturated carbocycles. The van der Waals surface area contributed by atoms with Crippen LogP contribution in [0.3, 0.4) is 0 Å². The number of para-hydroxylation sites is 1. The molecule has 0 aliphatic carbocycles. The monoisotopic (exact) mass is 372 g/mol. The molecule has 0 unspecified atom stereocenters. The molecule has 1 N–H and O–H groups in total. The van der Waals surface area contributed by atoms with E-state index in [-0.39, 0.29) is 0 Å². The van der Waals surface area contributed by atoms with Gasteiger partial charge < -0.3 is 9.80 Å². The third-order valence-corrected chi connectivity index (χ3v) is 5.19. The summed E-state index contributed by atoms with van der Waals surface area (Å²) in [5.74, 6) is 0. The molecule has 0 bridgehead atoms. The van der Waals surface area contributed by atoms with Crippen LogP contribution in [0.1, 0.15) is 11.1 Å². The summed E-state index contributed by atoms with van der Waals surface area (Å²) in [4.78, 5) is 7.89. The first-order valence-corrected chi connectivity index (χ1v) is 9.09. The van der Waals surface area contributed by atoms with Crippen LogP contribution in [0, 0.1) is 0 Å². The first-order valence-electron chi connectivity index (χ1n) is 9.09. The van der Waals surface area contributed by atoms with E-state index in [1.165, 1.54) is 28.0 Å². The predicted molar refractivity (Wildman–Crippen MR) is 99.8 cm³/mol. The number of benzene rings is 2. The Labute approximate surface area is 156 Å². The van der Waals surface area contributed by atoms with E-state index in [0.29, 0.717) is 5.69 Å². The van der Waals surface area contributed by atoms with E-state index in [1.54, 1.807) is 6.07 Å². The van der Waals surface area contributed by atoms with E-state index in [4.69, 9.17) is 0 Å². The van der Waals surface area contributed by atoms with Gasteiger partial charge in [-0.15, -0.1) is 0 Å². The Kier molecular flexibility index (Phi) is 4.74. The molecule has 0 spiro atoms. The molecule has 0 radical (unpaired) electrons. The van der Waals surface area contributed by atoms with E-state index >= 15 is 0 Å². The predicted octanol–water partition coefficient (Wildman–Crippen LogP) is 3.16. The smallest absolute Gasteiger partial charge is 0.360 e. The second-order valence-corrected chi connectivity index (χ2v) is 6.95. The van der Waals surface area contributed by atoms with Crippen molar-refractivity contribution in [3.05, 3.63) is 71.9 Å². The molecule has 0 atom stereocenters. The molecule has 140 valence electrons. The maximum Gasteiger partial charge on any atom is 0.416 e. The average Bonchev–Trinajstić information content (AvgIpc) is 2.68. The van der Waals surface area contributed by atoms with Crippen LogP contribution in [-0.2, 0) is 12.7 Å². The highest BCUT2D eigenvalue weighted by atomic mass is 19.4. The fraction of sp³-hybridized carbons (Fsp3) is 0.286. The van der Waals surface area contributed by atoms with Gasteiger partial charge in [0.1, 0.15) is 6.54 Å². The molecule has 1 fully saturated rings. The molecule has 0 amide bonds. The number of anilines is 1. The topological polar surface area (TPSA) is 20.6 Å². The number of hydrogen-bond acceptors (Lipinski definition) is 2. The number of nitrogens with one attached hydrogen (secondary N) is 1. The van der Waals surface area contributed by atoms with Gasteiger partial charge in [0, 0.05) is 22.8 Å². The Morgan fingerprint density at radius 1 is 0.963 bits per heavy atom. The van der Waals surface area contributed by atoms with Crippen molar-refractivity contribution in [3.63, 3.8) is 0 Å². The summed E-state index contributed by atoms with van der Waals surface area (Å²) in [6.07, 6.45) is -2.46. The van der Waals surface area contributed by atoms with E-state index in [0.717, 1.165) is 44.3 Å². The van der Waals surface area contributed by atoms with Crippen LogP contribution < -0.4 is 9.80 Å². The van der Waals surface area contributed by atoms with Crippen LogP contribution in [-0.4, -0.2) is 31.2 Å². The van der Waals surface area contributed by atoms with Crippen molar-refractivity contribution >= 4 is 16.6 Å². The van der Waals surface area contributed by atoms with Crippen LogP contribution in [0.2, 0.25) is 0 Å². The number of alkyl halides is 3. The lowest BCUT2D eigenvalue weighted by molar-refractivity contribution is -0.914. The van der Waals surface area contributed by atoms with E-state index in [9.17, 15) is 13.2 Å². The summed E-state index contributed by atoms with van der Waals surface area (Å²) in [7, 11) is 0. The number of pyridine rings is 1. The summed E-state index contributed by atoms with van der Waals surface area (Å²) in [5.41, 5.74) is 2.33. The Balaban J connectivity index is 1.43. The Morgan fingerprint density at radius 3 is 2.52 bits per heavy atom. The molecule has 27 heavy (non-hydrogen) atoms. The SMILES string of the molecule is FC(F)(F)c1cccc(N2CC[NH+](Cc3ccnc4ccccc34)CC2)c1. The molecule has 1 aliphatic heterocycles. The minimum absolute atomic E-state index is 0.585. The van der Waals surface area contributed by atoms with Gasteiger partial charge in [0.2, 0.25) is 0 Å². The summed E-state index contributed by atoms with van der Waals surface area (Å²) >= 11 is 0. The van der Waals surface area contributed by atoms with Gasteiger partial charge in [-0.1, -0.05) is 24.3 Å². The second kappa shape index (κ2) is 7.19. The summed E-state index contributed by atoms with van der Waals surface area (Å²) < 4.78 is 38.8. The number of aromatic nitrogens is 1. The quantitative estimate of drug-likeness (QED) is 0.762. The van der Waals surface area contributed by atoms with Crippen molar-refractivity contribution in [1.29, 1.82) is 0 Å². The van der Waals surface area contributed by atoms with Gasteiger partial charge in [0.15, 0.2) is 0 Å². The van der Waals surface area contributed by atoms with Gasteiger partial charge in [-0.05, 0) is 30.3 Å². The molecule has 6 heteroatoms. The van der Waals surface area contributed by atoms with Crippen molar-refractivity contribution in [2.75, 3.05) is 31.1 Å². The average molecular weight is 372 g/mol. The molecule has 3 nitrogen and oxygen atoms in total. The van der Waals surface area contributed by atoms with Crippen LogP contribution in [0.15, 0.2) is 60.8 Å². The number of quaternary nitrogens is 1. The zero-order chi connectivity index (χ0) is 18.9.